The van der Waals surface area contributed by atoms with Crippen molar-refractivity contribution in [3.8, 4) is 0 Å². The summed E-state index contributed by atoms with van der Waals surface area (Å²) in [5.74, 6) is 0.520. The van der Waals surface area contributed by atoms with Gasteiger partial charge in [0.15, 0.2) is 0 Å². The Bertz CT molecular complexity index is 849. The highest BCUT2D eigenvalue weighted by Gasteiger charge is 2.28. The lowest BCUT2D eigenvalue weighted by molar-refractivity contribution is -0.154. The Morgan fingerprint density at radius 1 is 0.509 bits per heavy atom. The van der Waals surface area contributed by atoms with Crippen LogP contribution >= 0.6 is 0 Å². The molecule has 0 aromatic heterocycles. The van der Waals surface area contributed by atoms with Crippen LogP contribution in [-0.2, 0) is 28.6 Å². The Labute approximate surface area is 329 Å². The van der Waals surface area contributed by atoms with Crippen molar-refractivity contribution in [3.05, 3.63) is 0 Å². The van der Waals surface area contributed by atoms with Gasteiger partial charge in [-0.05, 0) is 105 Å². The number of carbonyl (C=O) groups excluding carboxylic acids is 3. The summed E-state index contributed by atoms with van der Waals surface area (Å²) in [5.41, 5.74) is -0.486. The van der Waals surface area contributed by atoms with Crippen LogP contribution in [0.4, 0.5) is 0 Å². The van der Waals surface area contributed by atoms with Crippen LogP contribution in [0.3, 0.4) is 0 Å². The minimum Gasteiger partial charge on any atom is -0.466 e. The molecule has 314 valence electrons. The van der Waals surface area contributed by atoms with Crippen LogP contribution in [0.5, 0.6) is 0 Å². The van der Waals surface area contributed by atoms with Crippen LogP contribution in [0.25, 0.3) is 0 Å². The molecule has 53 heavy (non-hydrogen) atoms. The highest BCUT2D eigenvalue weighted by molar-refractivity contribution is 5.75. The van der Waals surface area contributed by atoms with E-state index in [9.17, 15) is 14.4 Å². The van der Waals surface area contributed by atoms with Gasteiger partial charge in [-0.1, -0.05) is 136 Å². The van der Waals surface area contributed by atoms with Crippen LogP contribution in [0.15, 0.2) is 0 Å². The van der Waals surface area contributed by atoms with Gasteiger partial charge in [-0.15, -0.1) is 0 Å². The molecule has 0 spiro atoms. The second kappa shape index (κ2) is 36.0. The molecule has 7 nitrogen and oxygen atoms in total. The van der Waals surface area contributed by atoms with Crippen molar-refractivity contribution in [3.63, 3.8) is 0 Å². The molecule has 0 heterocycles. The minimum atomic E-state index is -0.486. The first kappa shape index (κ1) is 51.4. The summed E-state index contributed by atoms with van der Waals surface area (Å²) in [5, 5.41) is 0. The lowest BCUT2D eigenvalue weighted by Gasteiger charge is -2.23. The highest BCUT2D eigenvalue weighted by atomic mass is 16.5. The van der Waals surface area contributed by atoms with Gasteiger partial charge in [0.05, 0.1) is 18.6 Å². The molecule has 0 aliphatic rings. The zero-order valence-electron chi connectivity index (χ0n) is 36.4. The van der Waals surface area contributed by atoms with Gasteiger partial charge in [-0.2, -0.15) is 0 Å². The van der Waals surface area contributed by atoms with Crippen LogP contribution < -0.4 is 0 Å². The molecule has 0 aromatic carbocycles. The number of hydrogen-bond donors (Lipinski definition) is 0. The molecule has 0 aromatic rings. The minimum absolute atomic E-state index is 0.0699. The standard InChI is InChI=1S/C46H89NO6/c1-8-11-14-15-16-19-27-39-51-43(48)35-25-18-17-23-33-42(53-44(49)36-28-38-47(6)7)34-24-20-26-37-46(4,5)45(50)52-40-29-32-41(30-21-12-9-2)31-22-13-10-3/h41-42H,8-40H2,1-7H3. The Morgan fingerprint density at radius 2 is 0.981 bits per heavy atom. The fourth-order valence-electron chi connectivity index (χ4n) is 7.11. The number of unbranched alkanes of at least 4 members (excludes halogenated alkanes) is 15. The smallest absolute Gasteiger partial charge is 0.311 e. The van der Waals surface area contributed by atoms with Gasteiger partial charge in [0.25, 0.3) is 0 Å². The van der Waals surface area contributed by atoms with Crippen LogP contribution in [0, 0.1) is 11.3 Å². The molecule has 0 rings (SSSR count). The second-order valence-corrected chi connectivity index (χ2v) is 16.9. The van der Waals surface area contributed by atoms with Gasteiger partial charge >= 0.3 is 17.9 Å². The van der Waals surface area contributed by atoms with Crippen molar-refractivity contribution in [2.75, 3.05) is 33.9 Å². The van der Waals surface area contributed by atoms with E-state index < -0.39 is 5.41 Å². The van der Waals surface area contributed by atoms with Crippen LogP contribution in [0.1, 0.15) is 227 Å². The van der Waals surface area contributed by atoms with Gasteiger partial charge < -0.3 is 19.1 Å². The number of ether oxygens (including phenoxy) is 3. The fourth-order valence-corrected chi connectivity index (χ4v) is 7.11. The lowest BCUT2D eigenvalue weighted by Crippen LogP contribution is -2.27. The third-order valence-corrected chi connectivity index (χ3v) is 10.8. The number of carbonyl (C=O) groups is 3. The molecule has 0 bridgehead atoms. The molecule has 0 saturated heterocycles. The Morgan fingerprint density at radius 3 is 1.60 bits per heavy atom. The summed E-state index contributed by atoms with van der Waals surface area (Å²) in [4.78, 5) is 39.8. The van der Waals surface area contributed by atoms with Crippen molar-refractivity contribution in [1.29, 1.82) is 0 Å². The van der Waals surface area contributed by atoms with E-state index in [4.69, 9.17) is 14.2 Å². The maximum atomic E-state index is 13.0. The van der Waals surface area contributed by atoms with Gasteiger partial charge in [0.2, 0.25) is 0 Å². The van der Waals surface area contributed by atoms with E-state index in [1.54, 1.807) is 0 Å². The number of rotatable bonds is 39. The first-order valence-electron chi connectivity index (χ1n) is 22.7. The molecule has 0 amide bonds. The van der Waals surface area contributed by atoms with E-state index in [1.165, 1.54) is 83.5 Å². The van der Waals surface area contributed by atoms with Crippen molar-refractivity contribution >= 4 is 17.9 Å². The maximum Gasteiger partial charge on any atom is 0.311 e. The van der Waals surface area contributed by atoms with Crippen molar-refractivity contribution in [2.24, 2.45) is 11.3 Å². The fraction of sp³-hybridized carbons (Fsp3) is 0.935. The summed E-state index contributed by atoms with van der Waals surface area (Å²) in [6.07, 6.45) is 32.0. The van der Waals surface area contributed by atoms with Crippen molar-refractivity contribution in [2.45, 2.75) is 233 Å². The lowest BCUT2D eigenvalue weighted by atomic mass is 9.86. The van der Waals surface area contributed by atoms with E-state index in [2.05, 4.69) is 25.7 Å². The molecular formula is C46H89NO6. The first-order chi connectivity index (χ1) is 25.5. The van der Waals surface area contributed by atoms with Crippen LogP contribution in [-0.4, -0.2) is 62.8 Å². The molecule has 7 heteroatoms. The van der Waals surface area contributed by atoms with E-state index in [0.717, 1.165) is 109 Å². The van der Waals surface area contributed by atoms with E-state index in [0.29, 0.717) is 26.1 Å². The predicted molar refractivity (Wildman–Crippen MR) is 223 cm³/mol. The SMILES string of the molecule is CCCCCCCCCOC(=O)CCCCCCC(CCCCCC(C)(C)C(=O)OCCCC(CCCCC)CCCCC)OC(=O)CCCN(C)C. The molecule has 0 aliphatic carbocycles. The molecule has 0 radical (unpaired) electrons. The van der Waals surface area contributed by atoms with Gasteiger partial charge in [-0.3, -0.25) is 14.4 Å². The summed E-state index contributed by atoms with van der Waals surface area (Å²) in [7, 11) is 4.04. The zero-order chi connectivity index (χ0) is 39.4. The average molecular weight is 752 g/mol. The quantitative estimate of drug-likeness (QED) is 0.0351. The largest absolute Gasteiger partial charge is 0.466 e. The maximum absolute atomic E-state index is 13.0. The van der Waals surface area contributed by atoms with Gasteiger partial charge in [0, 0.05) is 12.8 Å². The average Bonchev–Trinajstić information content (AvgIpc) is 3.11. The number of hydrogen-bond acceptors (Lipinski definition) is 7. The molecule has 1 unspecified atom stereocenters. The van der Waals surface area contributed by atoms with Crippen LogP contribution in [0.2, 0.25) is 0 Å². The molecule has 0 saturated carbocycles. The third-order valence-electron chi connectivity index (χ3n) is 10.8. The third kappa shape index (κ3) is 33.4. The van der Waals surface area contributed by atoms with E-state index in [1.807, 2.05) is 27.9 Å². The Kier molecular flexibility index (Phi) is 34.9. The predicted octanol–water partition coefficient (Wildman–Crippen LogP) is 13.0. The molecule has 0 aliphatic heterocycles. The molecule has 0 N–H and O–H groups in total. The topological polar surface area (TPSA) is 82.1 Å². The summed E-state index contributed by atoms with van der Waals surface area (Å²) in [6, 6.07) is 0. The van der Waals surface area contributed by atoms with E-state index in [-0.39, 0.29) is 24.0 Å². The first-order valence-corrected chi connectivity index (χ1v) is 22.7. The Hall–Kier alpha value is -1.63. The van der Waals surface area contributed by atoms with Gasteiger partial charge in [-0.25, -0.2) is 0 Å². The van der Waals surface area contributed by atoms with E-state index >= 15 is 0 Å². The van der Waals surface area contributed by atoms with Crippen molar-refractivity contribution in [1.82, 2.24) is 4.90 Å². The normalized spacial score (nSPS) is 12.4. The van der Waals surface area contributed by atoms with Gasteiger partial charge in [0.1, 0.15) is 6.10 Å². The zero-order valence-corrected chi connectivity index (χ0v) is 36.4. The molecule has 1 atom stereocenters. The second-order valence-electron chi connectivity index (χ2n) is 16.9. The molecular weight excluding hydrogens is 663 g/mol. The highest BCUT2D eigenvalue weighted by Crippen LogP contribution is 2.27. The monoisotopic (exact) mass is 752 g/mol. The summed E-state index contributed by atoms with van der Waals surface area (Å²) >= 11 is 0. The summed E-state index contributed by atoms with van der Waals surface area (Å²) in [6.45, 7) is 12.8. The van der Waals surface area contributed by atoms with Crippen molar-refractivity contribution < 1.29 is 28.6 Å². The number of esters is 3. The summed E-state index contributed by atoms with van der Waals surface area (Å²) < 4.78 is 17.2. The number of nitrogens with zero attached hydrogens (tertiary/aromatic N) is 1. The Balaban J connectivity index is 4.47. The molecule has 0 fully saturated rings.